The Morgan fingerprint density at radius 2 is 1.35 bits per heavy atom. The number of aromatic nitrogens is 2. The van der Waals surface area contributed by atoms with Crippen LogP contribution in [0.1, 0.15) is 76.0 Å². The molecule has 0 saturated heterocycles. The zero-order valence-electron chi connectivity index (χ0n) is 24.0. The van der Waals surface area contributed by atoms with Gasteiger partial charge in [-0.25, -0.2) is 0 Å². The quantitative estimate of drug-likeness (QED) is 0.157. The number of para-hydroxylation sites is 2. The van der Waals surface area contributed by atoms with Crippen molar-refractivity contribution in [1.82, 2.24) is 9.55 Å². The van der Waals surface area contributed by atoms with Gasteiger partial charge in [-0.1, -0.05) is 117 Å². The molecule has 4 heteroatoms. The number of imidazole rings is 1. The van der Waals surface area contributed by atoms with Gasteiger partial charge in [-0.3, -0.25) is 16.3 Å². The smallest absolute Gasteiger partial charge is 0.0774 e. The second-order valence-corrected chi connectivity index (χ2v) is 12.3. The van der Waals surface area contributed by atoms with E-state index in [4.69, 9.17) is 4.98 Å². The minimum atomic E-state index is 0. The van der Waals surface area contributed by atoms with E-state index in [0.29, 0.717) is 17.8 Å². The van der Waals surface area contributed by atoms with Crippen molar-refractivity contribution in [3.63, 3.8) is 0 Å². The maximum absolute atomic E-state index is 5.28. The molecule has 0 aliphatic heterocycles. The van der Waals surface area contributed by atoms with Crippen molar-refractivity contribution in [2.75, 3.05) is 0 Å². The summed E-state index contributed by atoms with van der Waals surface area (Å²) in [5.41, 5.74) is 11.0. The molecule has 2 heterocycles. The summed E-state index contributed by atoms with van der Waals surface area (Å²) in [5.74, 6) is 2.11. The zero-order valence-corrected chi connectivity index (χ0v) is 27.2. The number of benzene rings is 4. The van der Waals surface area contributed by atoms with E-state index in [1.165, 1.54) is 43.6 Å². The molecule has 2 aromatic heterocycles. The summed E-state index contributed by atoms with van der Waals surface area (Å²) in [6.07, 6.45) is 0. The molecule has 6 aromatic rings. The largest absolute Gasteiger partial charge is 0.333 e. The van der Waals surface area contributed by atoms with Crippen LogP contribution in [0.5, 0.6) is 0 Å². The van der Waals surface area contributed by atoms with E-state index >= 15 is 0 Å². The Morgan fingerprint density at radius 3 is 2.00 bits per heavy atom. The fourth-order valence-corrected chi connectivity index (χ4v) is 6.37. The predicted octanol–water partition coefficient (Wildman–Crippen LogP) is 10.7. The third-order valence-electron chi connectivity index (χ3n) is 7.73. The van der Waals surface area contributed by atoms with Crippen molar-refractivity contribution >= 4 is 32.5 Å². The topological polar surface area (TPSA) is 17.8 Å². The van der Waals surface area contributed by atoms with Crippen molar-refractivity contribution in [3.05, 3.63) is 107 Å². The fraction of sp³-hybridized carbons (Fsp3) is 0.250. The molecule has 0 spiro atoms. The van der Waals surface area contributed by atoms with Crippen molar-refractivity contribution < 1.29 is 20.1 Å². The number of nitrogens with zero attached hydrogens (tertiary/aromatic N) is 2. The van der Waals surface area contributed by atoms with Gasteiger partial charge in [-0.05, 0) is 64.3 Å². The molecule has 0 bridgehead atoms. The van der Waals surface area contributed by atoms with E-state index < -0.39 is 0 Å². The Bertz CT molecular complexity index is 1760. The van der Waals surface area contributed by atoms with Crippen LogP contribution in [0.3, 0.4) is 0 Å². The molecule has 205 valence electrons. The van der Waals surface area contributed by atoms with Crippen LogP contribution in [0.25, 0.3) is 49.3 Å². The maximum atomic E-state index is 5.28. The van der Waals surface area contributed by atoms with Gasteiger partial charge in [-0.2, -0.15) is 0 Å². The zero-order chi connectivity index (χ0) is 27.3. The van der Waals surface area contributed by atoms with Crippen LogP contribution < -0.4 is 0 Å². The maximum Gasteiger partial charge on any atom is 0.0774 e. The van der Waals surface area contributed by atoms with E-state index in [9.17, 15) is 0 Å². The van der Waals surface area contributed by atoms with Crippen LogP contribution in [0, 0.1) is 5.38 Å². The minimum absolute atomic E-state index is 0. The summed E-state index contributed by atoms with van der Waals surface area (Å²) in [6.45, 7) is 13.7. The van der Waals surface area contributed by atoms with Gasteiger partial charge >= 0.3 is 0 Å². The van der Waals surface area contributed by atoms with Gasteiger partial charge in [0.05, 0.1) is 16.9 Å². The van der Waals surface area contributed by atoms with Crippen LogP contribution in [0.2, 0.25) is 0 Å². The number of hydrogen-bond acceptors (Lipinski definition) is 2. The van der Waals surface area contributed by atoms with Crippen LogP contribution in [0.4, 0.5) is 0 Å². The van der Waals surface area contributed by atoms with E-state index in [1.807, 2.05) is 0 Å². The normalized spacial score (nSPS) is 11.7. The van der Waals surface area contributed by atoms with Crippen LogP contribution in [0.15, 0.2) is 84.9 Å². The fourth-order valence-electron chi connectivity index (χ4n) is 5.55. The Morgan fingerprint density at radius 1 is 0.700 bits per heavy atom. The van der Waals surface area contributed by atoms with Gasteiger partial charge in [0.15, 0.2) is 0 Å². The molecule has 0 fully saturated rings. The molecular weight excluding hydrogens is 685 g/mol. The summed E-state index contributed by atoms with van der Waals surface area (Å²) < 4.78 is 3.68. The summed E-state index contributed by atoms with van der Waals surface area (Å²) in [4.78, 5) is 5.28. The molecule has 2 nitrogen and oxygen atoms in total. The molecule has 0 aliphatic carbocycles. The Hall–Kier alpha value is -3.04. The molecule has 0 N–H and O–H groups in total. The predicted molar refractivity (Wildman–Crippen MR) is 168 cm³/mol. The van der Waals surface area contributed by atoms with Gasteiger partial charge in [0.1, 0.15) is 0 Å². The van der Waals surface area contributed by atoms with E-state index in [0.717, 1.165) is 22.4 Å². The number of thiophene rings is 1. The first-order valence-corrected chi connectivity index (χ1v) is 14.8. The average molecular weight is 720 g/mol. The first kappa shape index (κ1) is 28.5. The number of fused-ring (bicyclic) bond motifs is 2. The van der Waals surface area contributed by atoms with E-state index in [-0.39, 0.29) is 20.1 Å². The third-order valence-corrected chi connectivity index (χ3v) is 8.61. The van der Waals surface area contributed by atoms with Crippen LogP contribution >= 0.6 is 11.3 Å². The molecule has 4 aromatic carbocycles. The second kappa shape index (κ2) is 11.4. The van der Waals surface area contributed by atoms with E-state index in [2.05, 4.69) is 136 Å². The molecule has 6 rings (SSSR count). The summed E-state index contributed by atoms with van der Waals surface area (Å²) >= 11 is 1.69. The molecule has 0 atom stereocenters. The van der Waals surface area contributed by atoms with Crippen molar-refractivity contribution in [1.29, 1.82) is 0 Å². The molecule has 0 saturated carbocycles. The Labute approximate surface area is 255 Å². The summed E-state index contributed by atoms with van der Waals surface area (Å²) in [7, 11) is 0. The number of rotatable bonds is 6. The van der Waals surface area contributed by atoms with Gasteiger partial charge in [0, 0.05) is 25.8 Å². The van der Waals surface area contributed by atoms with Crippen LogP contribution in [-0.4, -0.2) is 9.55 Å². The van der Waals surface area contributed by atoms with Gasteiger partial charge in [0.2, 0.25) is 0 Å². The van der Waals surface area contributed by atoms with Crippen molar-refractivity contribution in [2.24, 2.45) is 0 Å². The molecule has 40 heavy (non-hydrogen) atoms. The average Bonchev–Trinajstić information content (AvgIpc) is 3.53. The SMILES string of the molecule is CC(C)c1ccc2s[c-]c(-c3nc4ccccc4n3-c3c(C(C)C)cc(-c4ccccc4)cc3C(C)C)c2c1.[Ir]. The number of hydrogen-bond donors (Lipinski definition) is 0. The van der Waals surface area contributed by atoms with Gasteiger partial charge in [0.25, 0.3) is 0 Å². The Balaban J connectivity index is 0.00000323. The summed E-state index contributed by atoms with van der Waals surface area (Å²) in [6, 6.07) is 30.9. The first-order chi connectivity index (χ1) is 18.8. The van der Waals surface area contributed by atoms with Crippen molar-refractivity contribution in [3.8, 4) is 28.2 Å². The second-order valence-electron chi connectivity index (χ2n) is 11.4. The third kappa shape index (κ3) is 4.98. The molecule has 0 amide bonds. The minimum Gasteiger partial charge on any atom is -0.333 e. The first-order valence-electron chi connectivity index (χ1n) is 14.0. The molecule has 1 radical (unpaired) electrons. The Kier molecular flexibility index (Phi) is 8.15. The van der Waals surface area contributed by atoms with Crippen molar-refractivity contribution in [2.45, 2.75) is 59.3 Å². The standard InChI is InChI=1S/C36H35N2S.Ir/c1-22(2)26-16-17-34-30(18-26)31(21-39-34)36-37-32-14-10-11-15-33(32)38(36)35-28(23(3)4)19-27(20-29(35)24(5)6)25-12-8-7-9-13-25;/h7-20,22-24H,1-6H3;/q-1;. The van der Waals surface area contributed by atoms with Crippen LogP contribution in [-0.2, 0) is 20.1 Å². The summed E-state index contributed by atoms with van der Waals surface area (Å²) in [5, 5.41) is 4.90. The molecule has 0 unspecified atom stereocenters. The van der Waals surface area contributed by atoms with Gasteiger partial charge < -0.3 is 4.57 Å². The van der Waals surface area contributed by atoms with Gasteiger partial charge in [-0.15, -0.1) is 11.5 Å². The molecule has 0 aliphatic rings. The van der Waals surface area contributed by atoms with E-state index in [1.54, 1.807) is 11.3 Å². The molecular formula is C36H35IrN2S-. The monoisotopic (exact) mass is 720 g/mol.